The SMILES string of the molecule is CC/C=C\C/C=C\C/C=C\C/C=C\CCCCCOCC(COC1OC(CO)C(O)C(OS(=O)(=O)O)C1O)OC(=O)CCCCCCCCC/C=C\C/C=C\CCCCCC. The van der Waals surface area contributed by atoms with Crippen molar-refractivity contribution in [2.24, 2.45) is 0 Å². The molecule has 0 radical (unpaired) electrons. The van der Waals surface area contributed by atoms with Gasteiger partial charge in [0.05, 0.1) is 19.8 Å². The molecule has 352 valence electrons. The van der Waals surface area contributed by atoms with E-state index in [-0.39, 0.29) is 19.6 Å². The fourth-order valence-corrected chi connectivity index (χ4v) is 7.08. The molecule has 0 aromatic heterocycles. The van der Waals surface area contributed by atoms with E-state index < -0.39 is 59.8 Å². The number of carbonyl (C=O) groups excluding carboxylic acids is 1. The zero-order valence-corrected chi connectivity index (χ0v) is 38.3. The highest BCUT2D eigenvalue weighted by Crippen LogP contribution is 2.26. The molecule has 1 rings (SSSR count). The first-order valence-corrected chi connectivity index (χ1v) is 24.6. The molecule has 13 heteroatoms. The fraction of sp³-hybridized carbons (Fsp3) is 0.729. The van der Waals surface area contributed by atoms with E-state index in [0.29, 0.717) is 13.0 Å². The Morgan fingerprint density at radius 1 is 0.639 bits per heavy atom. The maximum Gasteiger partial charge on any atom is 0.397 e. The lowest BCUT2D eigenvalue weighted by molar-refractivity contribution is -0.301. The molecule has 0 aromatic rings. The van der Waals surface area contributed by atoms with Crippen molar-refractivity contribution >= 4 is 16.4 Å². The standard InChI is InChI=1S/C48H82O12S/c1-3-5-7-9-11-13-15-17-19-21-22-23-25-27-29-31-33-35-37-44(50)58-42(41-57-48-46(52)47(60-61(53,54)55)45(51)43(39-49)59-48)40-56-38-36-34-32-30-28-26-24-20-18-16-14-12-10-8-6-4-2/h6,8,12-15,18-21,26,28,42-43,45-49,51-52H,3-5,7,9-11,16-17,22-25,27,29-41H2,1-2H3,(H,53,54,55)/b8-6-,14-12-,15-13-,20-18-,21-19-,28-26-. The number of esters is 1. The Hall–Kier alpha value is -2.46. The minimum absolute atomic E-state index is 0.00738. The summed E-state index contributed by atoms with van der Waals surface area (Å²) < 4.78 is 59.0. The smallest absolute Gasteiger partial charge is 0.397 e. The van der Waals surface area contributed by atoms with Gasteiger partial charge in [0.25, 0.3) is 0 Å². The molecule has 0 aliphatic carbocycles. The normalized spacial score (nSPS) is 20.8. The Morgan fingerprint density at radius 3 is 1.66 bits per heavy atom. The second kappa shape index (κ2) is 39.2. The van der Waals surface area contributed by atoms with E-state index >= 15 is 0 Å². The Morgan fingerprint density at radius 2 is 1.13 bits per heavy atom. The van der Waals surface area contributed by atoms with Gasteiger partial charge in [-0.15, -0.1) is 0 Å². The number of hydrogen-bond donors (Lipinski definition) is 4. The topological polar surface area (TPSA) is 178 Å². The van der Waals surface area contributed by atoms with E-state index in [1.54, 1.807) is 0 Å². The van der Waals surface area contributed by atoms with E-state index in [1.807, 2.05) is 0 Å². The molecule has 12 nitrogen and oxygen atoms in total. The Labute approximate surface area is 369 Å². The molecule has 1 aliphatic rings. The second-order valence-electron chi connectivity index (χ2n) is 15.6. The maximum absolute atomic E-state index is 12.9. The molecule has 0 aromatic carbocycles. The summed E-state index contributed by atoms with van der Waals surface area (Å²) >= 11 is 0. The largest absolute Gasteiger partial charge is 0.457 e. The van der Waals surface area contributed by atoms with E-state index in [1.165, 1.54) is 44.9 Å². The molecular weight excluding hydrogens is 801 g/mol. The van der Waals surface area contributed by atoms with E-state index in [2.05, 4.69) is 90.9 Å². The first-order chi connectivity index (χ1) is 29.6. The van der Waals surface area contributed by atoms with Crippen LogP contribution in [0.4, 0.5) is 0 Å². The van der Waals surface area contributed by atoms with Crippen LogP contribution in [0.25, 0.3) is 0 Å². The zero-order valence-electron chi connectivity index (χ0n) is 37.4. The summed E-state index contributed by atoms with van der Waals surface area (Å²) in [5.74, 6) is -0.422. The Bertz CT molecular complexity index is 1340. The molecule has 0 saturated carbocycles. The van der Waals surface area contributed by atoms with Gasteiger partial charge in [0.15, 0.2) is 6.29 Å². The predicted octanol–water partition coefficient (Wildman–Crippen LogP) is 9.91. The molecule has 1 heterocycles. The fourth-order valence-electron chi connectivity index (χ4n) is 6.57. The molecular formula is C48H82O12S. The monoisotopic (exact) mass is 883 g/mol. The minimum Gasteiger partial charge on any atom is -0.457 e. The van der Waals surface area contributed by atoms with Gasteiger partial charge < -0.3 is 34.3 Å². The van der Waals surface area contributed by atoms with Crippen LogP contribution in [-0.4, -0.2) is 97.5 Å². The average molecular weight is 883 g/mol. The van der Waals surface area contributed by atoms with Crippen LogP contribution in [0.5, 0.6) is 0 Å². The van der Waals surface area contributed by atoms with Gasteiger partial charge in [-0.3, -0.25) is 9.35 Å². The first kappa shape index (κ1) is 56.6. The molecule has 1 saturated heterocycles. The second-order valence-corrected chi connectivity index (χ2v) is 16.7. The van der Waals surface area contributed by atoms with E-state index in [0.717, 1.165) is 89.9 Å². The van der Waals surface area contributed by atoms with Gasteiger partial charge in [0.1, 0.15) is 30.5 Å². The van der Waals surface area contributed by atoms with Gasteiger partial charge in [0.2, 0.25) is 0 Å². The van der Waals surface area contributed by atoms with Gasteiger partial charge in [0, 0.05) is 13.0 Å². The number of rotatable bonds is 39. The maximum atomic E-state index is 12.9. The van der Waals surface area contributed by atoms with Crippen molar-refractivity contribution in [1.29, 1.82) is 0 Å². The number of carbonyl (C=O) groups is 1. The number of hydrogen-bond acceptors (Lipinski definition) is 11. The lowest BCUT2D eigenvalue weighted by Gasteiger charge is -2.41. The van der Waals surface area contributed by atoms with Crippen LogP contribution in [0.3, 0.4) is 0 Å². The molecule has 0 amide bonds. The van der Waals surface area contributed by atoms with Crippen LogP contribution in [0.15, 0.2) is 72.9 Å². The van der Waals surface area contributed by atoms with Crippen molar-refractivity contribution in [1.82, 2.24) is 0 Å². The summed E-state index contributed by atoms with van der Waals surface area (Å²) in [4.78, 5) is 12.9. The lowest BCUT2D eigenvalue weighted by atomic mass is 9.99. The summed E-state index contributed by atoms with van der Waals surface area (Å²) in [7, 11) is -5.07. The molecule has 1 fully saturated rings. The number of allylic oxidation sites excluding steroid dienone is 12. The molecule has 6 unspecified atom stereocenters. The summed E-state index contributed by atoms with van der Waals surface area (Å²) in [6.45, 7) is 3.76. The molecule has 0 spiro atoms. The molecule has 61 heavy (non-hydrogen) atoms. The van der Waals surface area contributed by atoms with Crippen molar-refractivity contribution < 1.29 is 56.2 Å². The first-order valence-electron chi connectivity index (χ1n) is 23.2. The summed E-state index contributed by atoms with van der Waals surface area (Å²) in [5.41, 5.74) is 0. The van der Waals surface area contributed by atoms with Gasteiger partial charge in [-0.25, -0.2) is 4.18 Å². The number of ether oxygens (including phenoxy) is 4. The van der Waals surface area contributed by atoms with Crippen LogP contribution in [-0.2, 0) is 38.3 Å². The zero-order chi connectivity index (χ0) is 44.7. The van der Waals surface area contributed by atoms with Crippen LogP contribution >= 0.6 is 0 Å². The van der Waals surface area contributed by atoms with Gasteiger partial charge in [-0.2, -0.15) is 8.42 Å². The predicted molar refractivity (Wildman–Crippen MR) is 243 cm³/mol. The summed E-state index contributed by atoms with van der Waals surface area (Å²) in [6.07, 6.45) is 40.7. The molecule has 6 atom stereocenters. The number of aliphatic hydroxyl groups excluding tert-OH is 3. The van der Waals surface area contributed by atoms with Gasteiger partial charge in [-0.1, -0.05) is 145 Å². The molecule has 1 aliphatic heterocycles. The van der Waals surface area contributed by atoms with Crippen molar-refractivity contribution in [2.45, 2.75) is 198 Å². The highest BCUT2D eigenvalue weighted by atomic mass is 32.3. The van der Waals surface area contributed by atoms with Crippen molar-refractivity contribution in [3.05, 3.63) is 72.9 Å². The third-order valence-corrected chi connectivity index (χ3v) is 10.5. The van der Waals surface area contributed by atoms with Gasteiger partial charge >= 0.3 is 16.4 Å². The van der Waals surface area contributed by atoms with Gasteiger partial charge in [-0.05, 0) is 83.5 Å². The quantitative estimate of drug-likeness (QED) is 0.0199. The number of aliphatic hydroxyl groups is 3. The Kier molecular flexibility index (Phi) is 36.3. The highest BCUT2D eigenvalue weighted by Gasteiger charge is 2.48. The van der Waals surface area contributed by atoms with E-state index in [4.69, 9.17) is 23.5 Å². The van der Waals surface area contributed by atoms with Crippen molar-refractivity contribution in [3.63, 3.8) is 0 Å². The summed E-state index contributed by atoms with van der Waals surface area (Å²) in [6, 6.07) is 0. The van der Waals surface area contributed by atoms with Crippen LogP contribution in [0, 0.1) is 0 Å². The molecule has 4 N–H and O–H groups in total. The number of unbranched alkanes of at least 4 members (excludes halogenated alkanes) is 14. The minimum atomic E-state index is -5.07. The van der Waals surface area contributed by atoms with Crippen molar-refractivity contribution in [2.75, 3.05) is 26.4 Å². The van der Waals surface area contributed by atoms with E-state index in [9.17, 15) is 28.5 Å². The lowest BCUT2D eigenvalue weighted by Crippen LogP contribution is -2.60. The van der Waals surface area contributed by atoms with Crippen molar-refractivity contribution in [3.8, 4) is 0 Å². The molecule has 0 bridgehead atoms. The average Bonchev–Trinajstić information content (AvgIpc) is 3.23. The Balaban J connectivity index is 2.46. The highest BCUT2D eigenvalue weighted by molar-refractivity contribution is 7.80. The third-order valence-electron chi connectivity index (χ3n) is 10.1. The summed E-state index contributed by atoms with van der Waals surface area (Å²) in [5, 5.41) is 30.7. The van der Waals surface area contributed by atoms with Crippen LogP contribution in [0.2, 0.25) is 0 Å². The third kappa shape index (κ3) is 32.8. The van der Waals surface area contributed by atoms with Crippen LogP contribution in [0.1, 0.15) is 162 Å². The van der Waals surface area contributed by atoms with Crippen LogP contribution < -0.4 is 0 Å².